The first kappa shape index (κ1) is 13.5. The normalized spacial score (nSPS) is 10.5. The van der Waals surface area contributed by atoms with Crippen molar-refractivity contribution in [3.8, 4) is 0 Å². The lowest BCUT2D eigenvalue weighted by atomic mass is 10.2. The molecule has 0 saturated carbocycles. The number of aromatic nitrogens is 4. The second-order valence-electron chi connectivity index (χ2n) is 4.20. The summed E-state index contributed by atoms with van der Waals surface area (Å²) in [6.45, 7) is 4.29. The largest absolute Gasteiger partial charge is 0.346 e. The Morgan fingerprint density at radius 1 is 1.37 bits per heavy atom. The lowest BCUT2D eigenvalue weighted by Crippen LogP contribution is -2.24. The summed E-state index contributed by atoms with van der Waals surface area (Å²) in [4.78, 5) is 11.9. The average molecular weight is 280 g/mol. The molecule has 100 valence electrons. The van der Waals surface area contributed by atoms with Gasteiger partial charge in [-0.1, -0.05) is 11.6 Å². The molecule has 0 aromatic carbocycles. The number of halogens is 1. The van der Waals surface area contributed by atoms with Crippen LogP contribution in [0.4, 0.5) is 0 Å². The molecule has 1 N–H and O–H groups in total. The first-order valence-electron chi connectivity index (χ1n) is 5.75. The average Bonchev–Trinajstić information content (AvgIpc) is 2.62. The van der Waals surface area contributed by atoms with Crippen molar-refractivity contribution in [2.45, 2.75) is 20.4 Å². The maximum absolute atomic E-state index is 11.9. The van der Waals surface area contributed by atoms with Crippen molar-refractivity contribution in [2.75, 3.05) is 0 Å². The lowest BCUT2D eigenvalue weighted by molar-refractivity contribution is 0.0945. The Morgan fingerprint density at radius 2 is 2.11 bits per heavy atom. The third kappa shape index (κ3) is 2.90. The molecule has 0 spiro atoms. The van der Waals surface area contributed by atoms with Crippen molar-refractivity contribution in [3.05, 3.63) is 39.9 Å². The molecular formula is C12H14ClN5O. The predicted molar refractivity (Wildman–Crippen MR) is 70.9 cm³/mol. The van der Waals surface area contributed by atoms with Crippen LogP contribution in [-0.2, 0) is 13.6 Å². The maximum atomic E-state index is 11.9. The molecule has 2 aromatic rings. The van der Waals surface area contributed by atoms with E-state index < -0.39 is 0 Å². The van der Waals surface area contributed by atoms with Crippen LogP contribution in [-0.4, -0.2) is 25.9 Å². The molecule has 0 unspecified atom stereocenters. The van der Waals surface area contributed by atoms with Crippen LogP contribution in [0.2, 0.25) is 5.15 Å². The van der Waals surface area contributed by atoms with Crippen LogP contribution in [0, 0.1) is 13.8 Å². The summed E-state index contributed by atoms with van der Waals surface area (Å²) in [7, 11) is 1.87. The molecule has 7 heteroatoms. The second-order valence-corrected chi connectivity index (χ2v) is 4.58. The number of hydrogen-bond donors (Lipinski definition) is 1. The molecule has 0 aliphatic heterocycles. The van der Waals surface area contributed by atoms with Gasteiger partial charge < -0.3 is 5.32 Å². The van der Waals surface area contributed by atoms with Crippen LogP contribution in [0.25, 0.3) is 0 Å². The van der Waals surface area contributed by atoms with Crippen LogP contribution in [0.15, 0.2) is 12.1 Å². The highest BCUT2D eigenvalue weighted by Gasteiger charge is 2.12. The number of nitrogens with zero attached hydrogens (tertiary/aromatic N) is 4. The van der Waals surface area contributed by atoms with E-state index in [1.807, 2.05) is 20.9 Å². The monoisotopic (exact) mass is 279 g/mol. The number of rotatable bonds is 3. The van der Waals surface area contributed by atoms with Gasteiger partial charge in [-0.15, -0.1) is 10.2 Å². The number of amides is 1. The fraction of sp³-hybridized carbons (Fsp3) is 0.333. The van der Waals surface area contributed by atoms with Crippen molar-refractivity contribution >= 4 is 17.5 Å². The number of hydrogen-bond acceptors (Lipinski definition) is 4. The van der Waals surface area contributed by atoms with Gasteiger partial charge in [0.15, 0.2) is 10.8 Å². The second kappa shape index (κ2) is 5.36. The van der Waals surface area contributed by atoms with Gasteiger partial charge in [0.05, 0.1) is 5.69 Å². The molecule has 0 bridgehead atoms. The van der Waals surface area contributed by atoms with Gasteiger partial charge in [-0.2, -0.15) is 5.10 Å². The van der Waals surface area contributed by atoms with Gasteiger partial charge in [-0.3, -0.25) is 9.48 Å². The first-order chi connectivity index (χ1) is 8.99. The van der Waals surface area contributed by atoms with Crippen molar-refractivity contribution in [1.29, 1.82) is 0 Å². The fourth-order valence-electron chi connectivity index (χ4n) is 1.77. The van der Waals surface area contributed by atoms with E-state index in [2.05, 4.69) is 20.6 Å². The first-order valence-corrected chi connectivity index (χ1v) is 6.13. The topological polar surface area (TPSA) is 72.7 Å². The molecule has 2 rings (SSSR count). The van der Waals surface area contributed by atoms with Crippen LogP contribution in [0.1, 0.15) is 27.4 Å². The summed E-state index contributed by atoms with van der Waals surface area (Å²) in [5, 5.41) is 14.7. The maximum Gasteiger partial charge on any atom is 0.272 e. The number of carbonyl (C=O) groups is 1. The molecular weight excluding hydrogens is 266 g/mol. The summed E-state index contributed by atoms with van der Waals surface area (Å²) in [5.74, 6) is -0.285. The molecule has 0 saturated heterocycles. The third-order valence-corrected chi connectivity index (χ3v) is 3.15. The summed E-state index contributed by atoms with van der Waals surface area (Å²) >= 11 is 5.62. The van der Waals surface area contributed by atoms with Crippen molar-refractivity contribution in [3.63, 3.8) is 0 Å². The van der Waals surface area contributed by atoms with E-state index >= 15 is 0 Å². The van der Waals surface area contributed by atoms with Crippen molar-refractivity contribution in [1.82, 2.24) is 25.3 Å². The minimum atomic E-state index is -0.285. The van der Waals surface area contributed by atoms with E-state index in [-0.39, 0.29) is 16.8 Å². The zero-order valence-electron chi connectivity index (χ0n) is 10.9. The van der Waals surface area contributed by atoms with Crippen molar-refractivity contribution < 1.29 is 4.79 Å². The van der Waals surface area contributed by atoms with Gasteiger partial charge in [0.1, 0.15) is 0 Å². The van der Waals surface area contributed by atoms with Gasteiger partial charge in [-0.25, -0.2) is 0 Å². The predicted octanol–water partition coefficient (Wildman–Crippen LogP) is 1.41. The number of nitrogens with one attached hydrogen (secondary N) is 1. The number of carbonyl (C=O) groups excluding carboxylic acids is 1. The Labute approximate surface area is 115 Å². The Morgan fingerprint density at radius 3 is 2.63 bits per heavy atom. The van der Waals surface area contributed by atoms with Gasteiger partial charge in [-0.05, 0) is 26.0 Å². The van der Waals surface area contributed by atoms with Gasteiger partial charge >= 0.3 is 0 Å². The third-order valence-electron chi connectivity index (χ3n) is 2.95. The van der Waals surface area contributed by atoms with Crippen LogP contribution in [0.3, 0.4) is 0 Å². The summed E-state index contributed by atoms with van der Waals surface area (Å²) in [6, 6.07) is 3.07. The van der Waals surface area contributed by atoms with E-state index in [1.165, 1.54) is 12.1 Å². The van der Waals surface area contributed by atoms with E-state index in [1.54, 1.807) is 4.68 Å². The SMILES string of the molecule is Cc1nn(C)c(C)c1CNC(=O)c1ccc(Cl)nn1. The molecule has 2 aromatic heterocycles. The van der Waals surface area contributed by atoms with Crippen LogP contribution >= 0.6 is 11.6 Å². The zero-order valence-corrected chi connectivity index (χ0v) is 11.7. The van der Waals surface area contributed by atoms with E-state index in [9.17, 15) is 4.79 Å². The quantitative estimate of drug-likeness (QED) is 0.922. The molecule has 0 aliphatic rings. The summed E-state index contributed by atoms with van der Waals surface area (Å²) in [6.07, 6.45) is 0. The summed E-state index contributed by atoms with van der Waals surface area (Å²) < 4.78 is 1.79. The molecule has 2 heterocycles. The smallest absolute Gasteiger partial charge is 0.272 e. The molecule has 0 atom stereocenters. The Balaban J connectivity index is 2.06. The highest BCUT2D eigenvalue weighted by Crippen LogP contribution is 2.11. The van der Waals surface area contributed by atoms with Gasteiger partial charge in [0.25, 0.3) is 5.91 Å². The fourth-order valence-corrected chi connectivity index (χ4v) is 1.87. The Bertz CT molecular complexity index is 605. The number of aryl methyl sites for hydroxylation is 2. The van der Waals surface area contributed by atoms with Crippen LogP contribution < -0.4 is 5.32 Å². The molecule has 6 nitrogen and oxygen atoms in total. The van der Waals surface area contributed by atoms with E-state index in [0.29, 0.717) is 6.54 Å². The van der Waals surface area contributed by atoms with Gasteiger partial charge in [0.2, 0.25) is 0 Å². The molecule has 1 amide bonds. The van der Waals surface area contributed by atoms with E-state index in [0.717, 1.165) is 17.0 Å². The lowest BCUT2D eigenvalue weighted by Gasteiger charge is -2.05. The Kier molecular flexibility index (Phi) is 3.80. The summed E-state index contributed by atoms with van der Waals surface area (Å²) in [5.41, 5.74) is 3.18. The highest BCUT2D eigenvalue weighted by molar-refractivity contribution is 6.29. The van der Waals surface area contributed by atoms with Gasteiger partial charge in [0, 0.05) is 24.8 Å². The standard InChI is InChI=1S/C12H14ClN5O/c1-7-9(8(2)18(3)17-7)6-14-12(19)10-4-5-11(13)16-15-10/h4-5H,6H2,1-3H3,(H,14,19). The van der Waals surface area contributed by atoms with E-state index in [4.69, 9.17) is 11.6 Å². The van der Waals surface area contributed by atoms with Crippen LogP contribution in [0.5, 0.6) is 0 Å². The zero-order chi connectivity index (χ0) is 14.0. The highest BCUT2D eigenvalue weighted by atomic mass is 35.5. The van der Waals surface area contributed by atoms with Crippen molar-refractivity contribution in [2.24, 2.45) is 7.05 Å². The molecule has 0 radical (unpaired) electrons. The molecule has 0 fully saturated rings. The minimum Gasteiger partial charge on any atom is -0.346 e. The molecule has 0 aliphatic carbocycles. The molecule has 19 heavy (non-hydrogen) atoms. The minimum absolute atomic E-state index is 0.239. The Hall–Kier alpha value is -1.95.